The molecule has 1 aliphatic rings. The van der Waals surface area contributed by atoms with Gasteiger partial charge in [-0.15, -0.1) is 10.2 Å². The first-order valence-electron chi connectivity index (χ1n) is 10.1. The molecule has 5 rings (SSSR count). The molecule has 0 atom stereocenters. The Bertz CT molecular complexity index is 1340. The van der Waals surface area contributed by atoms with Crippen LogP contribution in [0.2, 0.25) is 12.1 Å². The molecule has 0 saturated carbocycles. The highest BCUT2D eigenvalue weighted by atomic mass is 28.3. The third-order valence-electron chi connectivity index (χ3n) is 6.15. The number of rotatable bonds is 4. The predicted octanol–water partition coefficient (Wildman–Crippen LogP) is 3.67. The van der Waals surface area contributed by atoms with Crippen LogP contribution < -0.4 is 10.6 Å². The molecule has 10 heteroatoms. The van der Waals surface area contributed by atoms with E-state index in [4.69, 9.17) is 4.42 Å². The number of alkyl halides is 3. The zero-order valence-electron chi connectivity index (χ0n) is 17.3. The molecule has 164 valence electrons. The van der Waals surface area contributed by atoms with E-state index in [1.807, 2.05) is 29.8 Å². The van der Waals surface area contributed by atoms with Crippen LogP contribution in [-0.2, 0) is 13.2 Å². The van der Waals surface area contributed by atoms with Gasteiger partial charge in [0.2, 0.25) is 5.89 Å². The number of hydrogen-bond donors (Lipinski definition) is 0. The van der Waals surface area contributed by atoms with Gasteiger partial charge in [0, 0.05) is 18.2 Å². The van der Waals surface area contributed by atoms with Crippen molar-refractivity contribution in [3.05, 3.63) is 53.9 Å². The Morgan fingerprint density at radius 2 is 2.00 bits per heavy atom. The van der Waals surface area contributed by atoms with E-state index in [1.165, 1.54) is 6.07 Å². The molecule has 0 bridgehead atoms. The fraction of sp³-hybridized carbons (Fsp3) is 0.273. The van der Waals surface area contributed by atoms with E-state index in [0.29, 0.717) is 17.8 Å². The molecular weight excluding hydrogens is 437 g/mol. The smallest absolute Gasteiger partial charge is 0.420 e. The maximum absolute atomic E-state index is 13.5. The lowest BCUT2D eigenvalue weighted by Crippen LogP contribution is -2.68. The van der Waals surface area contributed by atoms with Gasteiger partial charge < -0.3 is 8.98 Å². The van der Waals surface area contributed by atoms with Crippen molar-refractivity contribution in [2.75, 3.05) is 0 Å². The quantitative estimate of drug-likeness (QED) is 0.346. The molecule has 3 heterocycles. The van der Waals surface area contributed by atoms with Crippen LogP contribution in [0.15, 0.2) is 47.1 Å². The second kappa shape index (κ2) is 7.12. The number of aryl methyl sites for hydroxylation is 1. The topological polar surface area (TPSA) is 73.8 Å². The number of hydrogen-bond acceptors (Lipinski definition) is 5. The maximum Gasteiger partial charge on any atom is 0.420 e. The van der Waals surface area contributed by atoms with Crippen LogP contribution in [0.3, 0.4) is 0 Å². The number of halogens is 3. The number of nitrogens with zero attached hydrogens (tertiary/aromatic N) is 4. The number of aldehydes is 1. The van der Waals surface area contributed by atoms with E-state index in [0.717, 1.165) is 28.8 Å². The Kier molecular flexibility index (Phi) is 4.59. The summed E-state index contributed by atoms with van der Waals surface area (Å²) in [4.78, 5) is 15.4. The number of oxazole rings is 1. The van der Waals surface area contributed by atoms with E-state index in [-0.39, 0.29) is 22.6 Å². The van der Waals surface area contributed by atoms with Gasteiger partial charge in [0.15, 0.2) is 13.7 Å². The van der Waals surface area contributed by atoms with Crippen LogP contribution in [0, 0.1) is 5.92 Å². The minimum Gasteiger partial charge on any atom is -0.435 e. The molecule has 0 spiro atoms. The van der Waals surface area contributed by atoms with Gasteiger partial charge in [-0.05, 0) is 47.5 Å². The average Bonchev–Trinajstić information content (AvgIpc) is 3.36. The summed E-state index contributed by atoms with van der Waals surface area (Å²) in [6.45, 7) is 2.20. The van der Waals surface area contributed by atoms with E-state index in [9.17, 15) is 18.0 Å². The van der Waals surface area contributed by atoms with Crippen LogP contribution in [0.1, 0.15) is 22.8 Å². The first-order valence-corrected chi connectivity index (χ1v) is 12.5. The van der Waals surface area contributed by atoms with Crippen molar-refractivity contribution < 1.29 is 22.4 Å². The number of carbonyl (C=O) groups excluding carboxylic acids is 1. The van der Waals surface area contributed by atoms with Crippen LogP contribution in [0.25, 0.3) is 22.6 Å². The molecule has 0 unspecified atom stereocenters. The molecule has 2 aromatic heterocycles. The Morgan fingerprint density at radius 1 is 1.22 bits per heavy atom. The van der Waals surface area contributed by atoms with E-state index in [2.05, 4.69) is 22.1 Å². The van der Waals surface area contributed by atoms with Crippen molar-refractivity contribution in [2.24, 2.45) is 13.0 Å². The van der Waals surface area contributed by atoms with Gasteiger partial charge in [-0.25, -0.2) is 4.98 Å². The van der Waals surface area contributed by atoms with Crippen molar-refractivity contribution in [3.63, 3.8) is 0 Å². The standard InChI is InChI=1S/C22H19F3N4O2Si/c1-13-10-32(11-13,21-28-26-12-29(21)2)16-5-3-4-15(8-16)20-27-18-7-14(9-30)6-17(19(18)31-20)22(23,24)25/h3-9,12-13H,10-11H2,1-2H3/t13-,32+. The molecule has 1 saturated heterocycles. The van der Waals surface area contributed by atoms with Crippen molar-refractivity contribution >= 4 is 36.1 Å². The lowest BCUT2D eigenvalue weighted by molar-refractivity contribution is -0.136. The first-order chi connectivity index (χ1) is 15.2. The molecule has 0 N–H and O–H groups in total. The minimum absolute atomic E-state index is 0.000135. The van der Waals surface area contributed by atoms with Crippen LogP contribution >= 0.6 is 0 Å². The summed E-state index contributed by atoms with van der Waals surface area (Å²) in [6, 6.07) is 11.8. The summed E-state index contributed by atoms with van der Waals surface area (Å²) >= 11 is 0. The van der Waals surface area contributed by atoms with Crippen molar-refractivity contribution in [2.45, 2.75) is 25.2 Å². The van der Waals surface area contributed by atoms with Crippen molar-refractivity contribution in [3.8, 4) is 11.5 Å². The average molecular weight is 457 g/mol. The van der Waals surface area contributed by atoms with Crippen LogP contribution in [-0.4, -0.2) is 34.1 Å². The number of carbonyl (C=O) groups is 1. The van der Waals surface area contributed by atoms with Crippen LogP contribution in [0.5, 0.6) is 0 Å². The Balaban J connectivity index is 1.64. The molecule has 0 amide bonds. The van der Waals surface area contributed by atoms with Gasteiger partial charge in [0.25, 0.3) is 0 Å². The number of fused-ring (bicyclic) bond motifs is 1. The molecule has 0 radical (unpaired) electrons. The molecule has 1 aliphatic heterocycles. The molecular formula is C22H19F3N4O2Si. The summed E-state index contributed by atoms with van der Waals surface area (Å²) in [5.74, 6) is 0.660. The van der Waals surface area contributed by atoms with Crippen molar-refractivity contribution in [1.29, 1.82) is 0 Å². The highest BCUT2D eigenvalue weighted by Crippen LogP contribution is 2.39. The second-order valence-corrected chi connectivity index (χ2v) is 12.5. The molecule has 2 aromatic carbocycles. The maximum atomic E-state index is 13.5. The summed E-state index contributed by atoms with van der Waals surface area (Å²) in [7, 11) is -0.184. The Hall–Kier alpha value is -3.27. The summed E-state index contributed by atoms with van der Waals surface area (Å²) < 4.78 is 48.2. The summed E-state index contributed by atoms with van der Waals surface area (Å²) in [5.41, 5.74) is 0.0922. The van der Waals surface area contributed by atoms with Gasteiger partial charge >= 0.3 is 6.18 Å². The largest absolute Gasteiger partial charge is 0.435 e. The highest BCUT2D eigenvalue weighted by molar-refractivity contribution is 7.03. The zero-order chi connectivity index (χ0) is 22.7. The zero-order valence-corrected chi connectivity index (χ0v) is 18.3. The summed E-state index contributed by atoms with van der Waals surface area (Å²) in [5, 5.41) is 9.58. The first kappa shape index (κ1) is 20.6. The lowest BCUT2D eigenvalue weighted by Gasteiger charge is -2.43. The fourth-order valence-corrected chi connectivity index (χ4v) is 9.98. The molecule has 1 fully saturated rings. The van der Waals surface area contributed by atoms with Gasteiger partial charge in [0.05, 0.1) is 0 Å². The lowest BCUT2D eigenvalue weighted by atomic mass is 10.1. The van der Waals surface area contributed by atoms with E-state index < -0.39 is 19.8 Å². The van der Waals surface area contributed by atoms with Gasteiger partial charge in [-0.1, -0.05) is 19.1 Å². The summed E-state index contributed by atoms with van der Waals surface area (Å²) in [6.07, 6.45) is -2.60. The third-order valence-corrected chi connectivity index (χ3v) is 11.7. The Morgan fingerprint density at radius 3 is 2.62 bits per heavy atom. The molecule has 6 nitrogen and oxygen atoms in total. The van der Waals surface area contributed by atoms with E-state index >= 15 is 0 Å². The van der Waals surface area contributed by atoms with Gasteiger partial charge in [0.1, 0.15) is 29.1 Å². The number of benzene rings is 2. The second-order valence-electron chi connectivity index (χ2n) is 8.49. The molecule has 32 heavy (non-hydrogen) atoms. The van der Waals surface area contributed by atoms with E-state index in [1.54, 1.807) is 12.4 Å². The Labute approximate surface area is 182 Å². The minimum atomic E-state index is -4.67. The SMILES string of the molecule is Cn1cnnc1[Si@]1(c2cccc(-c3nc4cc(C=O)cc(C(F)(F)F)c4o3)c2)C[C@H](C)C1. The predicted molar refractivity (Wildman–Crippen MR) is 115 cm³/mol. The number of aromatic nitrogens is 4. The monoisotopic (exact) mass is 456 g/mol. The normalized spacial score (nSPS) is 21.0. The third kappa shape index (κ3) is 3.17. The highest BCUT2D eigenvalue weighted by Gasteiger charge is 2.51. The van der Waals surface area contributed by atoms with Crippen molar-refractivity contribution in [1.82, 2.24) is 19.7 Å². The molecule has 4 aromatic rings. The fourth-order valence-electron chi connectivity index (χ4n) is 4.80. The molecule has 0 aliphatic carbocycles. The van der Waals surface area contributed by atoms with Gasteiger partial charge in [-0.2, -0.15) is 13.2 Å². The van der Waals surface area contributed by atoms with Gasteiger partial charge in [-0.3, -0.25) is 4.79 Å². The van der Waals surface area contributed by atoms with Crippen LogP contribution in [0.4, 0.5) is 13.2 Å².